The molecule has 0 spiro atoms. The standard InChI is InChI=1S/C9H12N4/c1-3-13(2)9-5-4-7(11)8(6-10)12-9/h4-5H,3,11H2,1-2H3. The van der Waals surface area contributed by atoms with Crippen molar-refractivity contribution in [2.45, 2.75) is 6.92 Å². The molecule has 0 saturated carbocycles. The lowest BCUT2D eigenvalue weighted by Crippen LogP contribution is -2.17. The Labute approximate surface area is 77.6 Å². The van der Waals surface area contributed by atoms with E-state index in [4.69, 9.17) is 11.0 Å². The van der Waals surface area contributed by atoms with E-state index in [1.165, 1.54) is 0 Å². The molecule has 1 heterocycles. The molecule has 1 aromatic rings. The lowest BCUT2D eigenvalue weighted by atomic mass is 10.3. The van der Waals surface area contributed by atoms with Crippen molar-refractivity contribution in [2.24, 2.45) is 0 Å². The molecule has 0 amide bonds. The molecule has 68 valence electrons. The molecule has 0 aliphatic heterocycles. The summed E-state index contributed by atoms with van der Waals surface area (Å²) in [5.74, 6) is 0.772. The van der Waals surface area contributed by atoms with E-state index >= 15 is 0 Å². The van der Waals surface area contributed by atoms with Gasteiger partial charge in [0.1, 0.15) is 11.9 Å². The van der Waals surface area contributed by atoms with Crippen molar-refractivity contribution in [3.63, 3.8) is 0 Å². The zero-order chi connectivity index (χ0) is 9.84. The van der Waals surface area contributed by atoms with Crippen LogP contribution >= 0.6 is 0 Å². The van der Waals surface area contributed by atoms with E-state index in [1.807, 2.05) is 24.9 Å². The number of hydrogen-bond acceptors (Lipinski definition) is 4. The van der Waals surface area contributed by atoms with Crippen LogP contribution in [0.4, 0.5) is 11.5 Å². The number of nitrogens with zero attached hydrogens (tertiary/aromatic N) is 3. The Morgan fingerprint density at radius 3 is 2.85 bits per heavy atom. The first kappa shape index (κ1) is 9.33. The van der Waals surface area contributed by atoms with Gasteiger partial charge in [-0.15, -0.1) is 0 Å². The number of pyridine rings is 1. The van der Waals surface area contributed by atoms with Crippen LogP contribution in [0.3, 0.4) is 0 Å². The Balaban J connectivity index is 3.08. The maximum Gasteiger partial charge on any atom is 0.165 e. The number of nitrogen functional groups attached to an aromatic ring is 1. The summed E-state index contributed by atoms with van der Waals surface area (Å²) in [6, 6.07) is 5.46. The molecule has 0 aliphatic carbocycles. The van der Waals surface area contributed by atoms with Crippen LogP contribution < -0.4 is 10.6 Å². The zero-order valence-electron chi connectivity index (χ0n) is 7.78. The van der Waals surface area contributed by atoms with Gasteiger partial charge in [-0.25, -0.2) is 4.98 Å². The van der Waals surface area contributed by atoms with Gasteiger partial charge in [-0.3, -0.25) is 0 Å². The van der Waals surface area contributed by atoms with Crippen LogP contribution in [0.15, 0.2) is 12.1 Å². The average Bonchev–Trinajstić information content (AvgIpc) is 2.17. The Bertz CT molecular complexity index is 340. The molecule has 0 saturated heterocycles. The first-order chi connectivity index (χ1) is 6.19. The lowest BCUT2D eigenvalue weighted by Gasteiger charge is -2.15. The summed E-state index contributed by atoms with van der Waals surface area (Å²) in [5.41, 5.74) is 6.25. The molecule has 1 aromatic heterocycles. The highest BCUT2D eigenvalue weighted by Crippen LogP contribution is 2.14. The number of anilines is 2. The second-order valence-corrected chi connectivity index (χ2v) is 2.73. The van der Waals surface area contributed by atoms with Crippen molar-refractivity contribution in [1.29, 1.82) is 5.26 Å². The van der Waals surface area contributed by atoms with Gasteiger partial charge in [0.05, 0.1) is 5.69 Å². The maximum absolute atomic E-state index is 8.69. The average molecular weight is 176 g/mol. The third-order valence-electron chi connectivity index (χ3n) is 1.88. The predicted octanol–water partition coefficient (Wildman–Crippen LogP) is 0.992. The summed E-state index contributed by atoms with van der Waals surface area (Å²) >= 11 is 0. The van der Waals surface area contributed by atoms with Gasteiger partial charge in [-0.05, 0) is 19.1 Å². The van der Waals surface area contributed by atoms with Crippen LogP contribution in [0.2, 0.25) is 0 Å². The summed E-state index contributed by atoms with van der Waals surface area (Å²) in [6.45, 7) is 2.87. The van der Waals surface area contributed by atoms with Crippen LogP contribution in [0.1, 0.15) is 12.6 Å². The van der Waals surface area contributed by atoms with Gasteiger partial charge in [0.2, 0.25) is 0 Å². The van der Waals surface area contributed by atoms with Gasteiger partial charge in [-0.2, -0.15) is 5.26 Å². The summed E-state index contributed by atoms with van der Waals surface area (Å²) in [5, 5.41) is 8.69. The number of hydrogen-bond donors (Lipinski definition) is 1. The molecule has 0 unspecified atom stereocenters. The number of aromatic nitrogens is 1. The van der Waals surface area contributed by atoms with Crippen LogP contribution in [-0.4, -0.2) is 18.6 Å². The monoisotopic (exact) mass is 176 g/mol. The second kappa shape index (κ2) is 3.76. The molecular weight excluding hydrogens is 164 g/mol. The van der Waals surface area contributed by atoms with Crippen molar-refractivity contribution < 1.29 is 0 Å². The number of rotatable bonds is 2. The first-order valence-corrected chi connectivity index (χ1v) is 4.06. The number of nitriles is 1. The van der Waals surface area contributed by atoms with E-state index in [0.717, 1.165) is 12.4 Å². The van der Waals surface area contributed by atoms with Crippen molar-refractivity contribution >= 4 is 11.5 Å². The fourth-order valence-electron chi connectivity index (χ4n) is 0.924. The minimum absolute atomic E-state index is 0.290. The van der Waals surface area contributed by atoms with Gasteiger partial charge in [0, 0.05) is 13.6 Å². The smallest absolute Gasteiger partial charge is 0.165 e. The molecule has 0 atom stereocenters. The van der Waals surface area contributed by atoms with Crippen LogP contribution in [0, 0.1) is 11.3 Å². The molecule has 0 radical (unpaired) electrons. The SMILES string of the molecule is CCN(C)c1ccc(N)c(C#N)n1. The Morgan fingerprint density at radius 1 is 1.62 bits per heavy atom. The molecule has 0 fully saturated rings. The zero-order valence-corrected chi connectivity index (χ0v) is 7.78. The highest BCUT2D eigenvalue weighted by molar-refractivity contribution is 5.55. The third kappa shape index (κ3) is 1.88. The normalized spacial score (nSPS) is 9.31. The van der Waals surface area contributed by atoms with E-state index in [9.17, 15) is 0 Å². The predicted molar refractivity (Wildman–Crippen MR) is 52.3 cm³/mol. The summed E-state index contributed by atoms with van der Waals surface area (Å²) < 4.78 is 0. The Kier molecular flexibility index (Phi) is 2.70. The van der Waals surface area contributed by atoms with Crippen LogP contribution in [0.25, 0.3) is 0 Å². The third-order valence-corrected chi connectivity index (χ3v) is 1.88. The highest BCUT2D eigenvalue weighted by atomic mass is 15.2. The van der Waals surface area contributed by atoms with Gasteiger partial charge in [0.25, 0.3) is 0 Å². The molecule has 4 heteroatoms. The van der Waals surface area contributed by atoms with Gasteiger partial charge in [0.15, 0.2) is 5.69 Å². The Hall–Kier alpha value is -1.76. The quantitative estimate of drug-likeness (QED) is 0.729. The largest absolute Gasteiger partial charge is 0.396 e. The topological polar surface area (TPSA) is 65.9 Å². The van der Waals surface area contributed by atoms with Crippen molar-refractivity contribution in [1.82, 2.24) is 4.98 Å². The molecule has 13 heavy (non-hydrogen) atoms. The van der Waals surface area contributed by atoms with Gasteiger partial charge < -0.3 is 10.6 Å². The fourth-order valence-corrected chi connectivity index (χ4v) is 0.924. The minimum atomic E-state index is 0.290. The Morgan fingerprint density at radius 2 is 2.31 bits per heavy atom. The second-order valence-electron chi connectivity index (χ2n) is 2.73. The van der Waals surface area contributed by atoms with E-state index in [1.54, 1.807) is 12.1 Å². The highest BCUT2D eigenvalue weighted by Gasteiger charge is 2.04. The molecule has 1 rings (SSSR count). The van der Waals surface area contributed by atoms with Crippen molar-refractivity contribution in [3.05, 3.63) is 17.8 Å². The van der Waals surface area contributed by atoms with E-state index in [0.29, 0.717) is 5.69 Å². The molecule has 0 aromatic carbocycles. The van der Waals surface area contributed by atoms with Crippen molar-refractivity contribution in [3.8, 4) is 6.07 Å². The molecular formula is C9H12N4. The van der Waals surface area contributed by atoms with Gasteiger partial charge in [-0.1, -0.05) is 0 Å². The number of nitrogens with two attached hydrogens (primary N) is 1. The maximum atomic E-state index is 8.69. The molecule has 2 N–H and O–H groups in total. The minimum Gasteiger partial charge on any atom is -0.396 e. The lowest BCUT2D eigenvalue weighted by molar-refractivity contribution is 0.936. The first-order valence-electron chi connectivity index (χ1n) is 4.06. The summed E-state index contributed by atoms with van der Waals surface area (Å²) in [6.07, 6.45) is 0. The van der Waals surface area contributed by atoms with Crippen molar-refractivity contribution in [2.75, 3.05) is 24.2 Å². The van der Waals surface area contributed by atoms with E-state index in [-0.39, 0.29) is 5.69 Å². The van der Waals surface area contributed by atoms with Gasteiger partial charge >= 0.3 is 0 Å². The molecule has 0 bridgehead atoms. The molecule has 4 nitrogen and oxygen atoms in total. The van der Waals surface area contributed by atoms with Crippen LogP contribution in [0.5, 0.6) is 0 Å². The van der Waals surface area contributed by atoms with E-state index in [2.05, 4.69) is 4.98 Å². The summed E-state index contributed by atoms with van der Waals surface area (Å²) in [7, 11) is 1.92. The van der Waals surface area contributed by atoms with E-state index < -0.39 is 0 Å². The molecule has 0 aliphatic rings. The van der Waals surface area contributed by atoms with Crippen LogP contribution in [-0.2, 0) is 0 Å². The fraction of sp³-hybridized carbons (Fsp3) is 0.333. The summed E-state index contributed by atoms with van der Waals surface area (Å²) in [4.78, 5) is 6.05.